The molecule has 2 aliphatic heterocycles. The van der Waals surface area contributed by atoms with Crippen molar-refractivity contribution in [3.8, 4) is 0 Å². The van der Waals surface area contributed by atoms with Gasteiger partial charge in [-0.25, -0.2) is 0 Å². The number of piperidine rings is 1. The first-order valence-electron chi connectivity index (χ1n) is 10.2. The molecule has 0 radical (unpaired) electrons. The van der Waals surface area contributed by atoms with Gasteiger partial charge in [0.2, 0.25) is 11.0 Å². The largest absolute Gasteiger partial charge is 0.383 e. The summed E-state index contributed by atoms with van der Waals surface area (Å²) in [7, 11) is 0. The predicted molar refractivity (Wildman–Crippen MR) is 115 cm³/mol. The molecule has 28 heavy (non-hydrogen) atoms. The number of hydrogen-bond acceptors (Lipinski definition) is 7. The van der Waals surface area contributed by atoms with E-state index in [0.29, 0.717) is 18.4 Å². The average Bonchev–Trinajstić information content (AvgIpc) is 3.15. The minimum Gasteiger partial charge on any atom is -0.383 e. The molecule has 1 aromatic rings. The highest BCUT2D eigenvalue weighted by molar-refractivity contribution is 7.15. The van der Waals surface area contributed by atoms with Gasteiger partial charge in [0.15, 0.2) is 0 Å². The molecule has 0 saturated carbocycles. The molecule has 0 unspecified atom stereocenters. The van der Waals surface area contributed by atoms with Gasteiger partial charge in [0.05, 0.1) is 0 Å². The summed E-state index contributed by atoms with van der Waals surface area (Å²) < 4.78 is 0. The van der Waals surface area contributed by atoms with Crippen molar-refractivity contribution >= 4 is 22.4 Å². The Labute approximate surface area is 172 Å². The summed E-state index contributed by atoms with van der Waals surface area (Å²) in [5.74, 6) is 0.295. The van der Waals surface area contributed by atoms with Gasteiger partial charge in [0.25, 0.3) is 0 Å². The first-order chi connectivity index (χ1) is 13.5. The van der Waals surface area contributed by atoms with Crippen LogP contribution in [-0.2, 0) is 4.79 Å². The van der Waals surface area contributed by atoms with Gasteiger partial charge in [0, 0.05) is 57.4 Å². The molecule has 0 aromatic carbocycles. The van der Waals surface area contributed by atoms with Gasteiger partial charge in [-0.15, -0.1) is 10.2 Å². The van der Waals surface area contributed by atoms with Gasteiger partial charge in [-0.05, 0) is 38.8 Å². The summed E-state index contributed by atoms with van der Waals surface area (Å²) in [6.07, 6.45) is 5.28. The monoisotopic (exact) mass is 404 g/mol. The molecule has 1 aromatic heterocycles. The van der Waals surface area contributed by atoms with Gasteiger partial charge in [-0.2, -0.15) is 0 Å². The summed E-state index contributed by atoms with van der Waals surface area (Å²) in [5, 5.41) is 13.8. The highest BCUT2D eigenvalue weighted by Crippen LogP contribution is 2.21. The SMILES string of the molecule is C=CC(=C)NC1CCN(C(=O)CCCN2CCN(c3nnc(C)s3)CC2)CC1. The lowest BCUT2D eigenvalue weighted by Gasteiger charge is -2.35. The lowest BCUT2D eigenvalue weighted by molar-refractivity contribution is -0.132. The number of carbonyl (C=O) groups is 1. The van der Waals surface area contributed by atoms with E-state index >= 15 is 0 Å². The average molecular weight is 405 g/mol. The molecule has 0 bridgehead atoms. The van der Waals surface area contributed by atoms with Crippen LogP contribution in [-0.4, -0.2) is 77.8 Å². The summed E-state index contributed by atoms with van der Waals surface area (Å²) in [6.45, 7) is 16.3. The van der Waals surface area contributed by atoms with Crippen molar-refractivity contribution < 1.29 is 4.79 Å². The second-order valence-corrected chi connectivity index (χ2v) is 8.72. The summed E-state index contributed by atoms with van der Waals surface area (Å²) in [6, 6.07) is 0.405. The van der Waals surface area contributed by atoms with E-state index in [1.807, 2.05) is 11.8 Å². The molecular formula is C20H32N6OS. The Kier molecular flexibility index (Phi) is 7.44. The number of aromatic nitrogens is 2. The fourth-order valence-electron chi connectivity index (χ4n) is 3.78. The molecule has 0 aliphatic carbocycles. The minimum atomic E-state index is 0.295. The van der Waals surface area contributed by atoms with Crippen molar-refractivity contribution in [3.05, 3.63) is 29.9 Å². The predicted octanol–water partition coefficient (Wildman–Crippen LogP) is 2.03. The molecule has 0 atom stereocenters. The van der Waals surface area contributed by atoms with Gasteiger partial charge in [-0.1, -0.05) is 24.5 Å². The smallest absolute Gasteiger partial charge is 0.222 e. The molecule has 3 heterocycles. The van der Waals surface area contributed by atoms with Gasteiger partial charge in [-0.3, -0.25) is 9.69 Å². The van der Waals surface area contributed by atoms with Crippen LogP contribution in [0.5, 0.6) is 0 Å². The zero-order chi connectivity index (χ0) is 19.9. The van der Waals surface area contributed by atoms with Gasteiger partial charge >= 0.3 is 0 Å². The molecule has 0 spiro atoms. The number of allylic oxidation sites excluding steroid dienone is 1. The Bertz CT molecular complexity index is 674. The van der Waals surface area contributed by atoms with Crippen molar-refractivity contribution in [2.24, 2.45) is 0 Å². The van der Waals surface area contributed by atoms with E-state index in [0.717, 1.165) is 80.9 Å². The number of hydrogen-bond donors (Lipinski definition) is 1. The number of nitrogens with zero attached hydrogens (tertiary/aromatic N) is 5. The van der Waals surface area contributed by atoms with E-state index in [1.165, 1.54) is 0 Å². The molecule has 3 rings (SSSR count). The highest BCUT2D eigenvalue weighted by atomic mass is 32.1. The molecule has 1 N–H and O–H groups in total. The van der Waals surface area contributed by atoms with Crippen LogP contribution in [0.25, 0.3) is 0 Å². The quantitative estimate of drug-likeness (QED) is 0.669. The first-order valence-corrected chi connectivity index (χ1v) is 11.0. The fourth-order valence-corrected chi connectivity index (χ4v) is 4.52. The van der Waals surface area contributed by atoms with E-state index in [1.54, 1.807) is 17.4 Å². The lowest BCUT2D eigenvalue weighted by Crippen LogP contribution is -2.47. The Morgan fingerprint density at radius 3 is 2.54 bits per heavy atom. The number of piperazine rings is 1. The minimum absolute atomic E-state index is 0.295. The normalized spacial score (nSPS) is 18.9. The van der Waals surface area contributed by atoms with Crippen molar-refractivity contribution in [2.75, 3.05) is 50.7 Å². The van der Waals surface area contributed by atoms with Crippen molar-refractivity contribution in [1.82, 2.24) is 25.3 Å². The molecule has 1 amide bonds. The van der Waals surface area contributed by atoms with Crippen LogP contribution >= 0.6 is 11.3 Å². The second-order valence-electron chi connectivity index (χ2n) is 7.56. The Balaban J connectivity index is 1.30. The van der Waals surface area contributed by atoms with Crippen LogP contribution in [0.4, 0.5) is 5.13 Å². The van der Waals surface area contributed by atoms with Crippen LogP contribution in [0.1, 0.15) is 30.7 Å². The number of rotatable bonds is 8. The Morgan fingerprint density at radius 2 is 1.93 bits per heavy atom. The number of nitrogens with one attached hydrogen (secondary N) is 1. The van der Waals surface area contributed by atoms with E-state index < -0.39 is 0 Å². The Hall–Kier alpha value is -1.93. The number of carbonyl (C=O) groups excluding carboxylic acids is 1. The third-order valence-electron chi connectivity index (χ3n) is 5.51. The third kappa shape index (κ3) is 5.78. The number of amides is 1. The number of anilines is 1. The lowest BCUT2D eigenvalue weighted by atomic mass is 10.0. The van der Waals surface area contributed by atoms with Crippen LogP contribution < -0.4 is 10.2 Å². The Morgan fingerprint density at radius 1 is 1.21 bits per heavy atom. The van der Waals surface area contributed by atoms with Crippen LogP contribution in [0.2, 0.25) is 0 Å². The first kappa shape index (κ1) is 20.8. The maximum Gasteiger partial charge on any atom is 0.222 e. The molecule has 2 aliphatic rings. The van der Waals surface area contributed by atoms with Gasteiger partial charge < -0.3 is 15.1 Å². The van der Waals surface area contributed by atoms with Crippen molar-refractivity contribution in [3.63, 3.8) is 0 Å². The highest BCUT2D eigenvalue weighted by Gasteiger charge is 2.23. The van der Waals surface area contributed by atoms with Crippen LogP contribution in [0, 0.1) is 6.92 Å². The van der Waals surface area contributed by atoms with E-state index in [9.17, 15) is 4.79 Å². The van der Waals surface area contributed by atoms with Crippen molar-refractivity contribution in [1.29, 1.82) is 0 Å². The van der Waals surface area contributed by atoms with Crippen LogP contribution in [0.15, 0.2) is 24.9 Å². The fraction of sp³-hybridized carbons (Fsp3) is 0.650. The summed E-state index contributed by atoms with van der Waals surface area (Å²) in [5.41, 5.74) is 0.867. The number of aryl methyl sites for hydroxylation is 1. The van der Waals surface area contributed by atoms with E-state index in [-0.39, 0.29) is 0 Å². The number of likely N-dealkylation sites (tertiary alicyclic amines) is 1. The third-order valence-corrected chi connectivity index (χ3v) is 6.41. The standard InChI is InChI=1S/C20H32N6OS/c1-4-16(2)21-18-7-10-25(11-8-18)19(27)6-5-9-24-12-14-26(15-13-24)20-23-22-17(3)28-20/h4,18,21H,1-2,5-15H2,3H3. The second kappa shape index (κ2) is 10.0. The molecule has 154 valence electrons. The zero-order valence-electron chi connectivity index (χ0n) is 16.9. The van der Waals surface area contributed by atoms with Crippen LogP contribution in [0.3, 0.4) is 0 Å². The molecule has 7 nitrogen and oxygen atoms in total. The molecule has 2 saturated heterocycles. The topological polar surface area (TPSA) is 64.6 Å². The van der Waals surface area contributed by atoms with Crippen molar-refractivity contribution in [2.45, 2.75) is 38.6 Å². The molecule has 2 fully saturated rings. The van der Waals surface area contributed by atoms with E-state index in [2.05, 4.69) is 38.5 Å². The molecular weight excluding hydrogens is 372 g/mol. The zero-order valence-corrected chi connectivity index (χ0v) is 17.7. The molecule has 8 heteroatoms. The maximum atomic E-state index is 12.5. The maximum absolute atomic E-state index is 12.5. The summed E-state index contributed by atoms with van der Waals surface area (Å²) >= 11 is 1.66. The summed E-state index contributed by atoms with van der Waals surface area (Å²) in [4.78, 5) is 19.3. The van der Waals surface area contributed by atoms with E-state index in [4.69, 9.17) is 0 Å². The van der Waals surface area contributed by atoms with Gasteiger partial charge in [0.1, 0.15) is 5.01 Å².